The van der Waals surface area contributed by atoms with E-state index in [9.17, 15) is 9.59 Å². The Balaban J connectivity index is 2.32. The number of nitrogens with one attached hydrogen (secondary N) is 2. The van der Waals surface area contributed by atoms with Gasteiger partial charge in [-0.3, -0.25) is 9.59 Å². The zero-order chi connectivity index (χ0) is 19.3. The number of hydrogen-bond acceptors (Lipinski definition) is 5. The molecule has 0 saturated carbocycles. The molecule has 0 aliphatic carbocycles. The predicted molar refractivity (Wildman–Crippen MR) is 103 cm³/mol. The molecule has 0 saturated heterocycles. The van der Waals surface area contributed by atoms with Gasteiger partial charge in [-0.05, 0) is 49.1 Å². The highest BCUT2D eigenvalue weighted by Gasteiger charge is 2.18. The van der Waals surface area contributed by atoms with Crippen molar-refractivity contribution in [3.05, 3.63) is 47.5 Å². The number of carbonyl (C=O) groups is 2. The molecule has 1 atom stereocenters. The molecule has 138 valence electrons. The summed E-state index contributed by atoms with van der Waals surface area (Å²) in [6, 6.07) is 10.3. The van der Waals surface area contributed by atoms with E-state index >= 15 is 0 Å². The Morgan fingerprint density at radius 1 is 1.15 bits per heavy atom. The Morgan fingerprint density at radius 3 is 2.46 bits per heavy atom. The number of benzene rings is 1. The highest BCUT2D eigenvalue weighted by atomic mass is 16.1. The van der Waals surface area contributed by atoms with Crippen LogP contribution in [0.25, 0.3) is 0 Å². The van der Waals surface area contributed by atoms with Gasteiger partial charge in [-0.25, -0.2) is 4.98 Å². The summed E-state index contributed by atoms with van der Waals surface area (Å²) in [5.41, 5.74) is 13.0. The van der Waals surface area contributed by atoms with Gasteiger partial charge >= 0.3 is 0 Å². The molecule has 1 aromatic carbocycles. The van der Waals surface area contributed by atoms with E-state index in [4.69, 9.17) is 11.5 Å². The number of anilines is 3. The Morgan fingerprint density at radius 2 is 1.88 bits per heavy atom. The van der Waals surface area contributed by atoms with Crippen molar-refractivity contribution in [3.63, 3.8) is 0 Å². The zero-order valence-electron chi connectivity index (χ0n) is 15.2. The van der Waals surface area contributed by atoms with Crippen LogP contribution in [0.15, 0.2) is 36.4 Å². The third kappa shape index (κ3) is 5.20. The largest absolute Gasteiger partial charge is 0.368 e. The molecule has 2 amide bonds. The summed E-state index contributed by atoms with van der Waals surface area (Å²) in [6.07, 6.45) is 0.579. The Bertz CT molecular complexity index is 804. The summed E-state index contributed by atoms with van der Waals surface area (Å²) in [6.45, 7) is 5.98. The molecule has 7 nitrogen and oxygen atoms in total. The number of rotatable bonds is 8. The van der Waals surface area contributed by atoms with Gasteiger partial charge in [-0.1, -0.05) is 26.0 Å². The zero-order valence-corrected chi connectivity index (χ0v) is 15.2. The highest BCUT2D eigenvalue weighted by Crippen LogP contribution is 2.22. The standard InChI is InChI=1S/C19H25N5O2/c1-11(2)9-15(18(21)26)23-16-8-7-14(17(20)25)19(24-16)22-13-6-4-5-12(3)10-13/h4-8,10-11,15H,9H2,1-3H3,(H2,20,25)(H2,21,26)(H2,22,23,24)/t15-/m1/s1. The molecule has 0 aliphatic rings. The predicted octanol–water partition coefficient (Wildman–Crippen LogP) is 2.54. The molecule has 0 radical (unpaired) electrons. The SMILES string of the molecule is Cc1cccc(Nc2nc(N[C@H](CC(C)C)C(N)=O)ccc2C(N)=O)c1. The van der Waals surface area contributed by atoms with E-state index in [0.717, 1.165) is 11.3 Å². The maximum Gasteiger partial charge on any atom is 0.252 e. The van der Waals surface area contributed by atoms with Gasteiger partial charge in [0.25, 0.3) is 5.91 Å². The maximum absolute atomic E-state index is 11.7. The molecule has 1 aromatic heterocycles. The number of pyridine rings is 1. The lowest BCUT2D eigenvalue weighted by atomic mass is 10.0. The second kappa shape index (κ2) is 8.33. The summed E-state index contributed by atoms with van der Waals surface area (Å²) >= 11 is 0. The number of amides is 2. The van der Waals surface area contributed by atoms with E-state index < -0.39 is 17.9 Å². The van der Waals surface area contributed by atoms with Gasteiger partial charge in [0, 0.05) is 5.69 Å². The second-order valence-corrected chi connectivity index (χ2v) is 6.68. The lowest BCUT2D eigenvalue weighted by Gasteiger charge is -2.19. The van der Waals surface area contributed by atoms with Crippen molar-refractivity contribution in [3.8, 4) is 0 Å². The van der Waals surface area contributed by atoms with Gasteiger partial charge in [0.2, 0.25) is 5.91 Å². The second-order valence-electron chi connectivity index (χ2n) is 6.68. The first-order chi connectivity index (χ1) is 12.3. The molecule has 1 heterocycles. The van der Waals surface area contributed by atoms with Gasteiger partial charge in [-0.2, -0.15) is 0 Å². The van der Waals surface area contributed by atoms with Gasteiger partial charge < -0.3 is 22.1 Å². The minimum absolute atomic E-state index is 0.261. The third-order valence-electron chi connectivity index (χ3n) is 3.81. The van der Waals surface area contributed by atoms with Gasteiger partial charge in [0.15, 0.2) is 0 Å². The van der Waals surface area contributed by atoms with Crippen molar-refractivity contribution >= 4 is 29.1 Å². The van der Waals surface area contributed by atoms with Gasteiger partial charge in [0.1, 0.15) is 17.7 Å². The minimum atomic E-state index is -0.590. The molecular formula is C19H25N5O2. The van der Waals surface area contributed by atoms with Crippen molar-refractivity contribution in [2.75, 3.05) is 10.6 Å². The summed E-state index contributed by atoms with van der Waals surface area (Å²) in [7, 11) is 0. The van der Waals surface area contributed by atoms with Crippen molar-refractivity contribution in [1.29, 1.82) is 0 Å². The van der Waals surface area contributed by atoms with Crippen LogP contribution in [0.1, 0.15) is 36.2 Å². The van der Waals surface area contributed by atoms with Crippen LogP contribution in [-0.2, 0) is 4.79 Å². The number of aryl methyl sites for hydroxylation is 1. The van der Waals surface area contributed by atoms with Crippen molar-refractivity contribution in [1.82, 2.24) is 4.98 Å². The number of carbonyl (C=O) groups excluding carboxylic acids is 2. The molecular weight excluding hydrogens is 330 g/mol. The monoisotopic (exact) mass is 355 g/mol. The quantitative estimate of drug-likeness (QED) is 0.579. The normalized spacial score (nSPS) is 11.8. The van der Waals surface area contributed by atoms with Crippen LogP contribution in [-0.4, -0.2) is 22.8 Å². The van der Waals surface area contributed by atoms with Crippen LogP contribution in [0.4, 0.5) is 17.3 Å². The molecule has 0 unspecified atom stereocenters. The van der Waals surface area contributed by atoms with E-state index in [0.29, 0.717) is 18.1 Å². The molecule has 0 bridgehead atoms. The number of nitrogens with two attached hydrogens (primary N) is 2. The molecule has 26 heavy (non-hydrogen) atoms. The molecule has 7 heteroatoms. The summed E-state index contributed by atoms with van der Waals surface area (Å²) in [5.74, 6) is 0.00533. The topological polar surface area (TPSA) is 123 Å². The van der Waals surface area contributed by atoms with Crippen molar-refractivity contribution in [2.24, 2.45) is 17.4 Å². The first-order valence-corrected chi connectivity index (χ1v) is 8.46. The number of nitrogens with zero attached hydrogens (tertiary/aromatic N) is 1. The fraction of sp³-hybridized carbons (Fsp3) is 0.316. The number of hydrogen-bond donors (Lipinski definition) is 4. The van der Waals surface area contributed by atoms with E-state index in [1.54, 1.807) is 12.1 Å². The van der Waals surface area contributed by atoms with Crippen LogP contribution in [0, 0.1) is 12.8 Å². The first kappa shape index (κ1) is 19.2. The third-order valence-corrected chi connectivity index (χ3v) is 3.81. The van der Waals surface area contributed by atoms with Crippen LogP contribution in [0.2, 0.25) is 0 Å². The molecule has 2 rings (SSSR count). The van der Waals surface area contributed by atoms with Gasteiger partial charge in [0.05, 0.1) is 5.56 Å². The Labute approximate surface area is 153 Å². The van der Waals surface area contributed by atoms with E-state index in [2.05, 4.69) is 15.6 Å². The Hall–Kier alpha value is -3.09. The molecule has 0 spiro atoms. The first-order valence-electron chi connectivity index (χ1n) is 8.46. The molecule has 0 fully saturated rings. The van der Waals surface area contributed by atoms with Crippen LogP contribution < -0.4 is 22.1 Å². The van der Waals surface area contributed by atoms with Crippen molar-refractivity contribution in [2.45, 2.75) is 33.2 Å². The van der Waals surface area contributed by atoms with E-state index in [1.807, 2.05) is 45.0 Å². The van der Waals surface area contributed by atoms with E-state index in [-0.39, 0.29) is 11.5 Å². The highest BCUT2D eigenvalue weighted by molar-refractivity contribution is 5.98. The lowest BCUT2D eigenvalue weighted by molar-refractivity contribution is -0.119. The average molecular weight is 355 g/mol. The summed E-state index contributed by atoms with van der Waals surface area (Å²) in [4.78, 5) is 27.8. The van der Waals surface area contributed by atoms with Gasteiger partial charge in [-0.15, -0.1) is 0 Å². The molecule has 0 aliphatic heterocycles. The number of primary amides is 2. The summed E-state index contributed by atoms with van der Waals surface area (Å²) in [5, 5.41) is 6.15. The fourth-order valence-electron chi connectivity index (χ4n) is 2.59. The average Bonchev–Trinajstić information content (AvgIpc) is 2.53. The minimum Gasteiger partial charge on any atom is -0.368 e. The number of aromatic nitrogens is 1. The van der Waals surface area contributed by atoms with Crippen LogP contribution >= 0.6 is 0 Å². The van der Waals surface area contributed by atoms with Crippen LogP contribution in [0.3, 0.4) is 0 Å². The van der Waals surface area contributed by atoms with Crippen LogP contribution in [0.5, 0.6) is 0 Å². The van der Waals surface area contributed by atoms with Crippen molar-refractivity contribution < 1.29 is 9.59 Å². The smallest absolute Gasteiger partial charge is 0.252 e. The summed E-state index contributed by atoms with van der Waals surface area (Å²) < 4.78 is 0. The lowest BCUT2D eigenvalue weighted by Crippen LogP contribution is -2.36. The Kier molecular flexibility index (Phi) is 6.16. The molecule has 2 aromatic rings. The van der Waals surface area contributed by atoms with E-state index in [1.165, 1.54) is 0 Å². The maximum atomic E-state index is 11.7. The fourth-order valence-corrected chi connectivity index (χ4v) is 2.59. The molecule has 6 N–H and O–H groups in total.